The monoisotopic (exact) mass is 430 g/mol. The van der Waals surface area contributed by atoms with E-state index >= 15 is 0 Å². The zero-order valence-electron chi connectivity index (χ0n) is 18.0. The molecule has 32 heavy (non-hydrogen) atoms. The lowest BCUT2D eigenvalue weighted by atomic mass is 10.0. The Balaban J connectivity index is 1.58. The third kappa shape index (κ3) is 4.72. The van der Waals surface area contributed by atoms with Gasteiger partial charge in [0.25, 0.3) is 11.8 Å². The van der Waals surface area contributed by atoms with Crippen LogP contribution in [-0.2, 0) is 0 Å². The minimum Gasteiger partial charge on any atom is -0.494 e. The van der Waals surface area contributed by atoms with Crippen molar-refractivity contribution in [3.05, 3.63) is 89.7 Å². The molecule has 0 saturated carbocycles. The van der Waals surface area contributed by atoms with Gasteiger partial charge in [0, 0.05) is 23.6 Å². The molecule has 7 nitrogen and oxygen atoms in total. The van der Waals surface area contributed by atoms with Crippen LogP contribution in [0.25, 0.3) is 0 Å². The zero-order chi connectivity index (χ0) is 22.3. The number of carbonyl (C=O) groups excluding carboxylic acids is 2. The van der Waals surface area contributed by atoms with E-state index in [2.05, 4.69) is 22.7 Å². The second-order valence-corrected chi connectivity index (χ2v) is 7.57. The number of rotatable bonds is 8. The number of anilines is 1. The van der Waals surface area contributed by atoms with E-state index in [1.54, 1.807) is 24.3 Å². The van der Waals surface area contributed by atoms with Crippen molar-refractivity contribution in [2.75, 3.05) is 11.9 Å². The molecule has 7 heteroatoms. The number of aromatic nitrogens is 1. The molecule has 0 unspecified atom stereocenters. The van der Waals surface area contributed by atoms with Gasteiger partial charge in [-0.2, -0.15) is 0 Å². The maximum Gasteiger partial charge on any atom is 0.276 e. The van der Waals surface area contributed by atoms with Crippen LogP contribution in [0.5, 0.6) is 5.75 Å². The molecule has 2 amide bonds. The summed E-state index contributed by atoms with van der Waals surface area (Å²) in [7, 11) is 0. The van der Waals surface area contributed by atoms with E-state index in [1.807, 2.05) is 36.4 Å². The first-order valence-corrected chi connectivity index (χ1v) is 10.8. The summed E-state index contributed by atoms with van der Waals surface area (Å²) >= 11 is 0. The van der Waals surface area contributed by atoms with Crippen LogP contribution >= 0.6 is 0 Å². The number of carbonyl (C=O) groups is 2. The first-order valence-electron chi connectivity index (χ1n) is 10.8. The average Bonchev–Trinajstić information content (AvgIpc) is 2.84. The largest absolute Gasteiger partial charge is 0.494 e. The number of ether oxygens (including phenoxy) is 1. The third-order valence-electron chi connectivity index (χ3n) is 5.30. The maximum atomic E-state index is 13.3. The van der Waals surface area contributed by atoms with E-state index in [-0.39, 0.29) is 11.8 Å². The summed E-state index contributed by atoms with van der Waals surface area (Å²) in [6.45, 7) is 2.83. The van der Waals surface area contributed by atoms with Gasteiger partial charge in [0.1, 0.15) is 11.9 Å². The lowest BCUT2D eigenvalue weighted by Gasteiger charge is -2.37. The molecule has 0 saturated heterocycles. The molecule has 2 aromatic carbocycles. The molecule has 3 aromatic rings. The van der Waals surface area contributed by atoms with Crippen LogP contribution in [0.4, 0.5) is 5.69 Å². The van der Waals surface area contributed by atoms with E-state index in [9.17, 15) is 9.59 Å². The summed E-state index contributed by atoms with van der Waals surface area (Å²) in [5.74, 6) is 0.106. The van der Waals surface area contributed by atoms with Crippen LogP contribution in [0, 0.1) is 0 Å². The van der Waals surface area contributed by atoms with Crippen LogP contribution in [0.3, 0.4) is 0 Å². The minimum atomic E-state index is -0.572. The molecule has 0 radical (unpaired) electrons. The standard InChI is InChI=1S/C25H26N4O3/c1-2-3-6-17-32-20-11-9-18(10-12-20)23-27-22-8-5-4-7-21(22)25(31)29(23)28-24(30)19-13-15-26-16-14-19/h4-5,7-16,23,27H,2-3,6,17H2,1H3,(H,28,30)/t23-/m0/s1. The predicted molar refractivity (Wildman–Crippen MR) is 122 cm³/mol. The fourth-order valence-corrected chi connectivity index (χ4v) is 3.57. The Morgan fingerprint density at radius 3 is 2.56 bits per heavy atom. The minimum absolute atomic E-state index is 0.286. The van der Waals surface area contributed by atoms with Gasteiger partial charge in [-0.3, -0.25) is 20.0 Å². The molecule has 0 aliphatic carbocycles. The Labute approximate surface area is 187 Å². The maximum absolute atomic E-state index is 13.3. The number of unbranched alkanes of at least 4 members (excludes halogenated alkanes) is 2. The van der Waals surface area contributed by atoms with Crippen LogP contribution in [0.2, 0.25) is 0 Å². The smallest absolute Gasteiger partial charge is 0.276 e. The normalized spacial score (nSPS) is 15.0. The van der Waals surface area contributed by atoms with Crippen LogP contribution in [0.1, 0.15) is 58.6 Å². The predicted octanol–water partition coefficient (Wildman–Crippen LogP) is 4.56. The molecule has 1 aliphatic rings. The number of nitrogens with one attached hydrogen (secondary N) is 2. The Kier molecular flexibility index (Phi) is 6.65. The third-order valence-corrected chi connectivity index (χ3v) is 5.30. The van der Waals surface area contributed by atoms with E-state index in [0.717, 1.165) is 36.3 Å². The molecule has 1 aromatic heterocycles. The summed E-state index contributed by atoms with van der Waals surface area (Å²) in [4.78, 5) is 30.0. The highest BCUT2D eigenvalue weighted by atomic mass is 16.5. The van der Waals surface area contributed by atoms with E-state index in [0.29, 0.717) is 17.7 Å². The number of para-hydroxylation sites is 1. The number of hydrogen-bond acceptors (Lipinski definition) is 5. The molecular weight excluding hydrogens is 404 g/mol. The number of fused-ring (bicyclic) bond motifs is 1. The van der Waals surface area contributed by atoms with Crippen molar-refractivity contribution in [1.29, 1.82) is 0 Å². The van der Waals surface area contributed by atoms with Gasteiger partial charge in [0.2, 0.25) is 0 Å². The molecule has 2 heterocycles. The first-order chi connectivity index (χ1) is 15.7. The molecule has 2 N–H and O–H groups in total. The van der Waals surface area contributed by atoms with Gasteiger partial charge >= 0.3 is 0 Å². The van der Waals surface area contributed by atoms with Crippen molar-refractivity contribution in [3.8, 4) is 5.75 Å². The average molecular weight is 431 g/mol. The molecule has 0 bridgehead atoms. The Hall–Kier alpha value is -3.87. The van der Waals surface area contributed by atoms with Gasteiger partial charge < -0.3 is 10.1 Å². The molecule has 164 valence electrons. The Morgan fingerprint density at radius 2 is 1.81 bits per heavy atom. The molecule has 4 rings (SSSR count). The lowest BCUT2D eigenvalue weighted by molar-refractivity contribution is 0.0491. The van der Waals surface area contributed by atoms with Crippen LogP contribution in [0.15, 0.2) is 73.1 Å². The number of amides is 2. The van der Waals surface area contributed by atoms with E-state index < -0.39 is 6.17 Å². The van der Waals surface area contributed by atoms with Gasteiger partial charge in [-0.1, -0.05) is 44.0 Å². The van der Waals surface area contributed by atoms with Crippen molar-refractivity contribution < 1.29 is 14.3 Å². The molecule has 1 atom stereocenters. The number of hydrazine groups is 1. The number of hydrogen-bond donors (Lipinski definition) is 2. The van der Waals surface area contributed by atoms with E-state index in [4.69, 9.17) is 4.74 Å². The summed E-state index contributed by atoms with van der Waals surface area (Å²) in [5.41, 5.74) is 5.22. The molecular formula is C25H26N4O3. The molecule has 1 aliphatic heterocycles. The Bertz CT molecular complexity index is 1070. The summed E-state index contributed by atoms with van der Waals surface area (Å²) in [5, 5.41) is 4.70. The zero-order valence-corrected chi connectivity index (χ0v) is 18.0. The van der Waals surface area contributed by atoms with Gasteiger partial charge in [-0.15, -0.1) is 0 Å². The summed E-state index contributed by atoms with van der Waals surface area (Å²) in [6.07, 6.45) is 5.80. The van der Waals surface area contributed by atoms with Crippen molar-refractivity contribution >= 4 is 17.5 Å². The van der Waals surface area contributed by atoms with Gasteiger partial charge in [0.05, 0.1) is 12.2 Å². The second-order valence-electron chi connectivity index (χ2n) is 7.57. The summed E-state index contributed by atoms with van der Waals surface area (Å²) < 4.78 is 5.80. The van der Waals surface area contributed by atoms with Crippen LogP contribution in [-0.4, -0.2) is 28.4 Å². The fourth-order valence-electron chi connectivity index (χ4n) is 3.57. The van der Waals surface area contributed by atoms with Gasteiger partial charge in [-0.05, 0) is 48.4 Å². The highest BCUT2D eigenvalue weighted by molar-refractivity contribution is 6.03. The molecule has 0 spiro atoms. The lowest BCUT2D eigenvalue weighted by Crippen LogP contribution is -2.52. The second kappa shape index (κ2) is 9.96. The Morgan fingerprint density at radius 1 is 1.06 bits per heavy atom. The quantitative estimate of drug-likeness (QED) is 0.512. The van der Waals surface area contributed by atoms with E-state index in [1.165, 1.54) is 17.4 Å². The molecule has 0 fully saturated rings. The number of pyridine rings is 1. The number of benzene rings is 2. The van der Waals surface area contributed by atoms with Crippen molar-refractivity contribution in [1.82, 2.24) is 15.4 Å². The van der Waals surface area contributed by atoms with Gasteiger partial charge in [-0.25, -0.2) is 5.01 Å². The van der Waals surface area contributed by atoms with Crippen LogP contribution < -0.4 is 15.5 Å². The van der Waals surface area contributed by atoms with Crippen molar-refractivity contribution in [2.24, 2.45) is 0 Å². The fraction of sp³-hybridized carbons (Fsp3) is 0.240. The van der Waals surface area contributed by atoms with Crippen molar-refractivity contribution in [2.45, 2.75) is 32.4 Å². The first kappa shape index (κ1) is 21.4. The van der Waals surface area contributed by atoms with Gasteiger partial charge in [0.15, 0.2) is 0 Å². The highest BCUT2D eigenvalue weighted by Crippen LogP contribution is 2.32. The highest BCUT2D eigenvalue weighted by Gasteiger charge is 2.34. The number of nitrogens with zero attached hydrogens (tertiary/aromatic N) is 2. The summed E-state index contributed by atoms with van der Waals surface area (Å²) in [6, 6.07) is 18.0. The topological polar surface area (TPSA) is 83.6 Å². The van der Waals surface area contributed by atoms with Crippen molar-refractivity contribution in [3.63, 3.8) is 0 Å². The SMILES string of the molecule is CCCCCOc1ccc([C@H]2Nc3ccccc3C(=O)N2NC(=O)c2ccncc2)cc1.